The quantitative estimate of drug-likeness (QED) is 0.866. The van der Waals surface area contributed by atoms with Gasteiger partial charge in [0.15, 0.2) is 11.5 Å². The van der Waals surface area contributed by atoms with Crippen LogP contribution in [-0.4, -0.2) is 35.5 Å². The van der Waals surface area contributed by atoms with Crippen molar-refractivity contribution >= 4 is 11.8 Å². The maximum Gasteiger partial charge on any atom is 0.265 e. The number of ether oxygens (including phenoxy) is 2. The van der Waals surface area contributed by atoms with Gasteiger partial charge in [-0.25, -0.2) is 0 Å². The first-order chi connectivity index (χ1) is 13.6. The molecule has 2 aromatic carbocycles. The van der Waals surface area contributed by atoms with E-state index >= 15 is 0 Å². The van der Waals surface area contributed by atoms with E-state index < -0.39 is 6.10 Å². The predicted octanol–water partition coefficient (Wildman–Crippen LogP) is 2.65. The highest BCUT2D eigenvalue weighted by Crippen LogP contribution is 2.33. The van der Waals surface area contributed by atoms with Gasteiger partial charge in [-0.05, 0) is 36.6 Å². The van der Waals surface area contributed by atoms with Gasteiger partial charge < -0.3 is 19.7 Å². The van der Waals surface area contributed by atoms with Crippen molar-refractivity contribution in [3.8, 4) is 11.5 Å². The van der Waals surface area contributed by atoms with E-state index in [1.165, 1.54) is 0 Å². The van der Waals surface area contributed by atoms with Crippen molar-refractivity contribution in [2.24, 2.45) is 0 Å². The van der Waals surface area contributed by atoms with Gasteiger partial charge in [0, 0.05) is 26.1 Å². The molecule has 0 aliphatic carbocycles. The highest BCUT2D eigenvalue weighted by Gasteiger charge is 2.33. The maximum absolute atomic E-state index is 12.6. The second kappa shape index (κ2) is 7.92. The number of para-hydroxylation sites is 2. The van der Waals surface area contributed by atoms with E-state index in [0.29, 0.717) is 31.0 Å². The summed E-state index contributed by atoms with van der Waals surface area (Å²) in [5.74, 6) is 1.27. The third-order valence-electron chi connectivity index (χ3n) is 5.14. The molecule has 1 saturated heterocycles. The monoisotopic (exact) mass is 380 g/mol. The molecule has 0 radical (unpaired) electrons. The average molecular weight is 380 g/mol. The minimum atomic E-state index is -0.685. The molecule has 0 aromatic heterocycles. The van der Waals surface area contributed by atoms with Gasteiger partial charge in [-0.3, -0.25) is 9.59 Å². The molecule has 4 rings (SSSR count). The van der Waals surface area contributed by atoms with Crippen molar-refractivity contribution in [1.82, 2.24) is 10.2 Å². The van der Waals surface area contributed by atoms with Crippen molar-refractivity contribution in [3.63, 3.8) is 0 Å². The zero-order valence-electron chi connectivity index (χ0n) is 15.9. The van der Waals surface area contributed by atoms with Crippen LogP contribution in [-0.2, 0) is 22.7 Å². The van der Waals surface area contributed by atoms with Crippen LogP contribution >= 0.6 is 0 Å². The van der Waals surface area contributed by atoms with Gasteiger partial charge in [0.25, 0.3) is 5.91 Å². The summed E-state index contributed by atoms with van der Waals surface area (Å²) in [6, 6.07) is 15.3. The fraction of sp³-hybridized carbons (Fsp3) is 0.364. The first kappa shape index (κ1) is 18.3. The zero-order valence-corrected chi connectivity index (χ0v) is 15.9. The Bertz CT molecular complexity index is 865. The standard InChI is InChI=1S/C22H24N2O4/c1-15-21(28-19-6-3-2-5-18(19)27-15)22(26)23-13-16-8-10-17(11-9-16)14-24-12-4-7-20(24)25/h2-3,5-6,8-11,15,21H,4,7,12-14H2,1H3,(H,23,26)/t15-,21+/m1/s1. The summed E-state index contributed by atoms with van der Waals surface area (Å²) in [7, 11) is 0. The Morgan fingerprint density at radius 1 is 1.07 bits per heavy atom. The number of nitrogens with zero attached hydrogens (tertiary/aromatic N) is 1. The number of hydrogen-bond donors (Lipinski definition) is 1. The van der Waals surface area contributed by atoms with Crippen LogP contribution in [0.3, 0.4) is 0 Å². The smallest absolute Gasteiger partial charge is 0.265 e. The molecule has 2 heterocycles. The van der Waals surface area contributed by atoms with Crippen molar-refractivity contribution in [2.75, 3.05) is 6.54 Å². The van der Waals surface area contributed by atoms with E-state index in [2.05, 4.69) is 5.32 Å². The normalized spacial score (nSPS) is 20.9. The van der Waals surface area contributed by atoms with Crippen LogP contribution in [0, 0.1) is 0 Å². The van der Waals surface area contributed by atoms with Crippen LogP contribution in [0.1, 0.15) is 30.9 Å². The summed E-state index contributed by atoms with van der Waals surface area (Å²) in [6.45, 7) is 3.72. The van der Waals surface area contributed by atoms with Crippen LogP contribution in [0.4, 0.5) is 0 Å². The van der Waals surface area contributed by atoms with Crippen molar-refractivity contribution in [3.05, 3.63) is 59.7 Å². The van der Waals surface area contributed by atoms with E-state index in [-0.39, 0.29) is 17.9 Å². The van der Waals surface area contributed by atoms with Gasteiger partial charge in [-0.15, -0.1) is 0 Å². The van der Waals surface area contributed by atoms with Crippen LogP contribution in [0.5, 0.6) is 11.5 Å². The number of benzene rings is 2. The molecule has 0 bridgehead atoms. The minimum Gasteiger partial charge on any atom is -0.482 e. The molecule has 0 saturated carbocycles. The molecule has 2 atom stereocenters. The molecular weight excluding hydrogens is 356 g/mol. The Morgan fingerprint density at radius 2 is 1.75 bits per heavy atom. The number of nitrogens with one attached hydrogen (secondary N) is 1. The fourth-order valence-electron chi connectivity index (χ4n) is 3.55. The van der Waals surface area contributed by atoms with Crippen molar-refractivity contribution in [2.45, 2.75) is 45.1 Å². The van der Waals surface area contributed by atoms with Crippen molar-refractivity contribution in [1.29, 1.82) is 0 Å². The third kappa shape index (κ3) is 3.96. The summed E-state index contributed by atoms with van der Waals surface area (Å²) in [6.07, 6.45) is 0.546. The molecule has 2 aromatic rings. The number of carbonyl (C=O) groups excluding carboxylic acids is 2. The van der Waals surface area contributed by atoms with E-state index in [4.69, 9.17) is 9.47 Å². The molecular formula is C22H24N2O4. The third-order valence-corrected chi connectivity index (χ3v) is 5.14. The van der Waals surface area contributed by atoms with Crippen LogP contribution in [0.2, 0.25) is 0 Å². The summed E-state index contributed by atoms with van der Waals surface area (Å²) < 4.78 is 11.6. The highest BCUT2D eigenvalue weighted by molar-refractivity contribution is 5.82. The highest BCUT2D eigenvalue weighted by atomic mass is 16.6. The largest absolute Gasteiger partial charge is 0.482 e. The van der Waals surface area contributed by atoms with Gasteiger partial charge >= 0.3 is 0 Å². The summed E-state index contributed by atoms with van der Waals surface area (Å²) >= 11 is 0. The molecule has 0 unspecified atom stereocenters. The van der Waals surface area contributed by atoms with Crippen LogP contribution in [0.15, 0.2) is 48.5 Å². The van der Waals surface area contributed by atoms with Crippen molar-refractivity contribution < 1.29 is 19.1 Å². The molecule has 6 nitrogen and oxygen atoms in total. The van der Waals surface area contributed by atoms with E-state index in [0.717, 1.165) is 24.1 Å². The lowest BCUT2D eigenvalue weighted by Crippen LogP contribution is -2.48. The van der Waals surface area contributed by atoms with E-state index in [1.54, 1.807) is 6.07 Å². The molecule has 28 heavy (non-hydrogen) atoms. The lowest BCUT2D eigenvalue weighted by molar-refractivity contribution is -0.133. The molecule has 2 aliphatic heterocycles. The Morgan fingerprint density at radius 3 is 2.43 bits per heavy atom. The Balaban J connectivity index is 1.31. The van der Waals surface area contributed by atoms with Gasteiger partial charge in [-0.2, -0.15) is 0 Å². The summed E-state index contributed by atoms with van der Waals surface area (Å²) in [5.41, 5.74) is 2.09. The fourth-order valence-corrected chi connectivity index (χ4v) is 3.55. The molecule has 1 N–H and O–H groups in total. The predicted molar refractivity (Wildman–Crippen MR) is 104 cm³/mol. The van der Waals surface area contributed by atoms with Gasteiger partial charge in [0.2, 0.25) is 12.0 Å². The average Bonchev–Trinajstić information content (AvgIpc) is 3.11. The molecule has 6 heteroatoms. The van der Waals surface area contributed by atoms with Gasteiger partial charge in [0.05, 0.1) is 0 Å². The lowest BCUT2D eigenvalue weighted by atomic mass is 10.1. The molecule has 1 fully saturated rings. The van der Waals surface area contributed by atoms with Gasteiger partial charge in [-0.1, -0.05) is 36.4 Å². The molecule has 2 amide bonds. The minimum absolute atomic E-state index is 0.200. The number of likely N-dealkylation sites (tertiary alicyclic amines) is 1. The van der Waals surface area contributed by atoms with Crippen LogP contribution in [0.25, 0.3) is 0 Å². The molecule has 146 valence electrons. The SMILES string of the molecule is C[C@H]1Oc2ccccc2O[C@@H]1C(=O)NCc1ccc(CN2CCCC2=O)cc1. The lowest BCUT2D eigenvalue weighted by Gasteiger charge is -2.31. The molecule has 2 aliphatic rings. The zero-order chi connectivity index (χ0) is 19.5. The number of fused-ring (bicyclic) bond motifs is 1. The topological polar surface area (TPSA) is 67.9 Å². The first-order valence-electron chi connectivity index (χ1n) is 9.66. The number of amides is 2. The number of hydrogen-bond acceptors (Lipinski definition) is 4. The summed E-state index contributed by atoms with van der Waals surface area (Å²) in [5, 5.41) is 2.92. The van der Waals surface area contributed by atoms with E-state index in [9.17, 15) is 9.59 Å². The van der Waals surface area contributed by atoms with E-state index in [1.807, 2.05) is 54.3 Å². The van der Waals surface area contributed by atoms with Gasteiger partial charge in [0.1, 0.15) is 6.10 Å². The molecule has 0 spiro atoms. The number of carbonyl (C=O) groups is 2. The maximum atomic E-state index is 12.6. The Hall–Kier alpha value is -3.02. The second-order valence-corrected chi connectivity index (χ2v) is 7.26. The van der Waals surface area contributed by atoms with Crippen LogP contribution < -0.4 is 14.8 Å². The number of rotatable bonds is 5. The second-order valence-electron chi connectivity index (χ2n) is 7.26. The Labute approximate surface area is 164 Å². The Kier molecular flexibility index (Phi) is 5.19. The first-order valence-corrected chi connectivity index (χ1v) is 9.66. The summed E-state index contributed by atoms with van der Waals surface area (Å²) in [4.78, 5) is 26.2.